The highest BCUT2D eigenvalue weighted by Crippen LogP contribution is 2.32. The smallest absolute Gasteiger partial charge is 0.265 e. The van der Waals surface area contributed by atoms with Gasteiger partial charge in [-0.2, -0.15) is 0 Å². The van der Waals surface area contributed by atoms with E-state index < -0.39 is 0 Å². The number of carbonyl (C=O) groups excluding carboxylic acids is 2. The third-order valence-electron chi connectivity index (χ3n) is 4.33. The summed E-state index contributed by atoms with van der Waals surface area (Å²) in [6.07, 6.45) is 3.33. The minimum atomic E-state index is -0.100. The molecule has 24 heavy (non-hydrogen) atoms. The second-order valence-corrected chi connectivity index (χ2v) is 7.78. The van der Waals surface area contributed by atoms with E-state index in [2.05, 4.69) is 12.2 Å². The minimum absolute atomic E-state index is 0.0772. The molecule has 1 N–H and O–H groups in total. The van der Waals surface area contributed by atoms with Crippen molar-refractivity contribution >= 4 is 28.8 Å². The van der Waals surface area contributed by atoms with E-state index in [1.807, 2.05) is 6.07 Å². The van der Waals surface area contributed by atoms with Gasteiger partial charge in [0.2, 0.25) is 0 Å². The summed E-state index contributed by atoms with van der Waals surface area (Å²) in [4.78, 5) is 28.2. The molecule has 2 aromatic rings. The van der Waals surface area contributed by atoms with Crippen LogP contribution in [0.15, 0.2) is 30.3 Å². The Balaban J connectivity index is 1.76. The third-order valence-corrected chi connectivity index (χ3v) is 5.56. The Morgan fingerprint density at radius 3 is 2.79 bits per heavy atom. The summed E-state index contributed by atoms with van der Waals surface area (Å²) in [5.41, 5.74) is 2.53. The van der Waals surface area contributed by atoms with Crippen molar-refractivity contribution in [1.29, 1.82) is 0 Å². The van der Waals surface area contributed by atoms with Crippen LogP contribution in [0, 0.1) is 5.92 Å². The molecular formula is C19H22N2O2S. The first-order valence-electron chi connectivity index (χ1n) is 8.18. The van der Waals surface area contributed by atoms with E-state index in [0.29, 0.717) is 17.2 Å². The van der Waals surface area contributed by atoms with Crippen molar-refractivity contribution in [3.05, 3.63) is 51.2 Å². The van der Waals surface area contributed by atoms with E-state index >= 15 is 0 Å². The lowest BCUT2D eigenvalue weighted by Crippen LogP contribution is -2.21. The van der Waals surface area contributed by atoms with E-state index in [9.17, 15) is 9.59 Å². The molecule has 3 rings (SSSR count). The molecule has 0 spiro atoms. The van der Waals surface area contributed by atoms with E-state index in [-0.39, 0.29) is 11.8 Å². The lowest BCUT2D eigenvalue weighted by molar-refractivity contribution is 0.0827. The summed E-state index contributed by atoms with van der Waals surface area (Å²) in [5, 5.41) is 2.91. The molecular weight excluding hydrogens is 320 g/mol. The molecule has 1 unspecified atom stereocenters. The van der Waals surface area contributed by atoms with Gasteiger partial charge in [-0.1, -0.05) is 13.0 Å². The van der Waals surface area contributed by atoms with E-state index in [0.717, 1.165) is 17.7 Å². The number of thiophene rings is 1. The maximum absolute atomic E-state index is 12.5. The van der Waals surface area contributed by atoms with Gasteiger partial charge in [0.1, 0.15) is 0 Å². The molecule has 0 saturated carbocycles. The Morgan fingerprint density at radius 1 is 1.25 bits per heavy atom. The fourth-order valence-corrected chi connectivity index (χ4v) is 4.10. The quantitative estimate of drug-likeness (QED) is 0.922. The van der Waals surface area contributed by atoms with Crippen LogP contribution in [0.4, 0.5) is 5.69 Å². The summed E-state index contributed by atoms with van der Waals surface area (Å²) in [7, 11) is 3.43. The Hall–Kier alpha value is -2.14. The number of nitrogens with one attached hydrogen (secondary N) is 1. The molecule has 0 aliphatic heterocycles. The first kappa shape index (κ1) is 16.7. The van der Waals surface area contributed by atoms with Crippen LogP contribution in [-0.4, -0.2) is 30.8 Å². The van der Waals surface area contributed by atoms with Crippen LogP contribution >= 0.6 is 11.3 Å². The lowest BCUT2D eigenvalue weighted by atomic mass is 9.90. The number of aryl methyl sites for hydroxylation is 1. The first-order chi connectivity index (χ1) is 11.4. The molecule has 0 bridgehead atoms. The second-order valence-electron chi connectivity index (χ2n) is 6.64. The number of amides is 2. The van der Waals surface area contributed by atoms with Gasteiger partial charge in [-0.25, -0.2) is 0 Å². The molecule has 126 valence electrons. The van der Waals surface area contributed by atoms with Crippen molar-refractivity contribution < 1.29 is 9.59 Å². The summed E-state index contributed by atoms with van der Waals surface area (Å²) in [5.74, 6) is 0.514. The van der Waals surface area contributed by atoms with Gasteiger partial charge in [0.15, 0.2) is 0 Å². The number of hydrogen-bond acceptors (Lipinski definition) is 3. The predicted octanol–water partition coefficient (Wildman–Crippen LogP) is 3.83. The summed E-state index contributed by atoms with van der Waals surface area (Å²) in [6, 6.07) is 9.09. The summed E-state index contributed by atoms with van der Waals surface area (Å²) >= 11 is 1.59. The molecule has 1 aromatic heterocycles. The molecule has 0 saturated heterocycles. The molecule has 1 atom stereocenters. The molecule has 1 aromatic carbocycles. The molecule has 1 aliphatic carbocycles. The number of rotatable bonds is 3. The van der Waals surface area contributed by atoms with E-state index in [1.165, 1.54) is 21.8 Å². The van der Waals surface area contributed by atoms with Gasteiger partial charge in [0.25, 0.3) is 11.8 Å². The Labute approximate surface area is 146 Å². The zero-order valence-corrected chi connectivity index (χ0v) is 15.1. The van der Waals surface area contributed by atoms with Gasteiger partial charge in [-0.15, -0.1) is 11.3 Å². The van der Waals surface area contributed by atoms with Crippen molar-refractivity contribution in [2.24, 2.45) is 5.92 Å². The van der Waals surface area contributed by atoms with Crippen molar-refractivity contribution in [2.45, 2.75) is 26.2 Å². The van der Waals surface area contributed by atoms with Crippen LogP contribution in [0.2, 0.25) is 0 Å². The number of fused-ring (bicyclic) bond motifs is 1. The highest BCUT2D eigenvalue weighted by atomic mass is 32.1. The zero-order valence-electron chi connectivity index (χ0n) is 14.3. The molecule has 0 fully saturated rings. The van der Waals surface area contributed by atoms with Crippen LogP contribution in [-0.2, 0) is 12.8 Å². The van der Waals surface area contributed by atoms with Gasteiger partial charge in [-0.3, -0.25) is 9.59 Å². The summed E-state index contributed by atoms with van der Waals surface area (Å²) in [6.45, 7) is 2.26. The Kier molecular flexibility index (Phi) is 4.71. The van der Waals surface area contributed by atoms with Gasteiger partial charge >= 0.3 is 0 Å². The van der Waals surface area contributed by atoms with Gasteiger partial charge in [-0.05, 0) is 55.0 Å². The van der Waals surface area contributed by atoms with E-state index in [1.54, 1.807) is 49.7 Å². The number of carbonyl (C=O) groups is 2. The highest BCUT2D eigenvalue weighted by molar-refractivity contribution is 7.14. The number of benzene rings is 1. The second kappa shape index (κ2) is 6.77. The first-order valence-corrected chi connectivity index (χ1v) is 9.00. The standard InChI is InChI=1S/C19H22N2O2S/c1-12-7-8-16-14(9-12)11-17(24-16)18(22)20-15-6-4-5-13(10-15)19(23)21(2)3/h4-6,10-12H,7-9H2,1-3H3,(H,20,22). The molecule has 0 radical (unpaired) electrons. The van der Waals surface area contributed by atoms with Crippen molar-refractivity contribution in [2.75, 3.05) is 19.4 Å². The predicted molar refractivity (Wildman–Crippen MR) is 97.9 cm³/mol. The molecule has 2 amide bonds. The lowest BCUT2D eigenvalue weighted by Gasteiger charge is -2.16. The molecule has 1 heterocycles. The fraction of sp³-hybridized carbons (Fsp3) is 0.368. The maximum atomic E-state index is 12.5. The molecule has 4 nitrogen and oxygen atoms in total. The van der Waals surface area contributed by atoms with Gasteiger partial charge < -0.3 is 10.2 Å². The third kappa shape index (κ3) is 3.51. The number of hydrogen-bond donors (Lipinski definition) is 1. The average molecular weight is 342 g/mol. The monoisotopic (exact) mass is 342 g/mol. The van der Waals surface area contributed by atoms with Crippen LogP contribution in [0.25, 0.3) is 0 Å². The SMILES string of the molecule is CC1CCc2sc(C(=O)Nc3cccc(C(=O)N(C)C)c3)cc2C1. The zero-order chi connectivity index (χ0) is 17.3. The normalized spacial score (nSPS) is 16.4. The molecule has 5 heteroatoms. The van der Waals surface area contributed by atoms with E-state index in [4.69, 9.17) is 0 Å². The largest absolute Gasteiger partial charge is 0.345 e. The average Bonchev–Trinajstić information content (AvgIpc) is 2.97. The van der Waals surface area contributed by atoms with Crippen molar-refractivity contribution in [3.63, 3.8) is 0 Å². The Morgan fingerprint density at radius 2 is 2.04 bits per heavy atom. The van der Waals surface area contributed by atoms with Gasteiger partial charge in [0.05, 0.1) is 4.88 Å². The van der Waals surface area contributed by atoms with Crippen molar-refractivity contribution in [3.8, 4) is 0 Å². The number of nitrogens with zero attached hydrogens (tertiary/aromatic N) is 1. The summed E-state index contributed by atoms with van der Waals surface area (Å²) < 4.78 is 0. The van der Waals surface area contributed by atoms with Crippen LogP contribution in [0.5, 0.6) is 0 Å². The van der Waals surface area contributed by atoms with Crippen molar-refractivity contribution in [1.82, 2.24) is 4.90 Å². The fourth-order valence-electron chi connectivity index (χ4n) is 3.00. The maximum Gasteiger partial charge on any atom is 0.265 e. The Bertz CT molecular complexity index is 779. The van der Waals surface area contributed by atoms with Gasteiger partial charge in [0, 0.05) is 30.2 Å². The highest BCUT2D eigenvalue weighted by Gasteiger charge is 2.21. The topological polar surface area (TPSA) is 49.4 Å². The minimum Gasteiger partial charge on any atom is -0.345 e. The molecule has 1 aliphatic rings. The van der Waals surface area contributed by atoms with Crippen LogP contribution in [0.1, 0.15) is 43.8 Å². The van der Waals surface area contributed by atoms with Crippen LogP contribution in [0.3, 0.4) is 0 Å². The number of anilines is 1. The van der Waals surface area contributed by atoms with Crippen LogP contribution < -0.4 is 5.32 Å².